The number of benzene rings is 3. The molecule has 1 fully saturated rings. The van der Waals surface area contributed by atoms with Crippen molar-refractivity contribution in [1.82, 2.24) is 9.55 Å². The molecule has 1 aliphatic rings. The Labute approximate surface area is 237 Å². The van der Waals surface area contributed by atoms with Gasteiger partial charge in [-0.05, 0) is 72.2 Å². The standard InChI is InChI=1S/C30H31ClN2O5S/c1-33-27-16-25(38-23-12-14-39-15-13-23)9-10-26(27)32-29(33)19-36-24-8-4-21(5-11-30(34)35)28(17-24)37-18-20-2-6-22(31)7-3-20/h2-4,6-10,16-17,23H,5,11-15,18-19H2,1H3,(H,34,35). The molecular weight excluding hydrogens is 536 g/mol. The summed E-state index contributed by atoms with van der Waals surface area (Å²) in [5.74, 6) is 4.31. The number of thioether (sulfide) groups is 1. The summed E-state index contributed by atoms with van der Waals surface area (Å²) in [6.07, 6.45) is 2.80. The van der Waals surface area contributed by atoms with Crippen LogP contribution >= 0.6 is 23.4 Å². The molecule has 0 saturated carbocycles. The van der Waals surface area contributed by atoms with E-state index in [0.29, 0.717) is 29.5 Å². The summed E-state index contributed by atoms with van der Waals surface area (Å²) in [6, 6.07) is 19.0. The van der Waals surface area contributed by atoms with Crippen molar-refractivity contribution >= 4 is 40.4 Å². The normalized spacial score (nSPS) is 13.9. The van der Waals surface area contributed by atoms with E-state index < -0.39 is 5.97 Å². The topological polar surface area (TPSA) is 82.8 Å². The minimum absolute atomic E-state index is 0.0166. The van der Waals surface area contributed by atoms with Gasteiger partial charge in [0.25, 0.3) is 0 Å². The number of aryl methyl sites for hydroxylation is 2. The van der Waals surface area contributed by atoms with Crippen molar-refractivity contribution in [3.8, 4) is 17.2 Å². The number of ether oxygens (including phenoxy) is 3. The van der Waals surface area contributed by atoms with Crippen molar-refractivity contribution in [3.05, 3.63) is 82.6 Å². The number of fused-ring (bicyclic) bond motifs is 1. The molecule has 5 rings (SSSR count). The zero-order valence-corrected chi connectivity index (χ0v) is 23.3. The van der Waals surface area contributed by atoms with Crippen LogP contribution in [-0.4, -0.2) is 38.2 Å². The van der Waals surface area contributed by atoms with E-state index in [-0.39, 0.29) is 19.1 Å². The lowest BCUT2D eigenvalue weighted by atomic mass is 10.1. The minimum atomic E-state index is -0.855. The third-order valence-electron chi connectivity index (χ3n) is 6.74. The van der Waals surface area contributed by atoms with Crippen LogP contribution in [-0.2, 0) is 31.5 Å². The second-order valence-corrected chi connectivity index (χ2v) is 11.2. The highest BCUT2D eigenvalue weighted by molar-refractivity contribution is 7.99. The summed E-state index contributed by atoms with van der Waals surface area (Å²) in [5.41, 5.74) is 3.65. The van der Waals surface area contributed by atoms with Gasteiger partial charge in [0.05, 0.1) is 11.0 Å². The van der Waals surface area contributed by atoms with E-state index in [0.717, 1.165) is 58.1 Å². The number of imidazole rings is 1. The van der Waals surface area contributed by atoms with Crippen molar-refractivity contribution in [2.24, 2.45) is 7.05 Å². The highest BCUT2D eigenvalue weighted by atomic mass is 35.5. The van der Waals surface area contributed by atoms with Crippen LogP contribution in [0.15, 0.2) is 60.7 Å². The molecule has 0 aliphatic carbocycles. The lowest BCUT2D eigenvalue weighted by Crippen LogP contribution is -2.22. The Morgan fingerprint density at radius 3 is 2.56 bits per heavy atom. The fourth-order valence-electron chi connectivity index (χ4n) is 4.50. The Morgan fingerprint density at radius 1 is 1.03 bits per heavy atom. The number of rotatable bonds is 11. The molecule has 204 valence electrons. The molecule has 2 heterocycles. The molecule has 0 spiro atoms. The number of aliphatic carboxylic acids is 1. The number of carbonyl (C=O) groups is 1. The predicted octanol–water partition coefficient (Wildman–Crippen LogP) is 6.68. The van der Waals surface area contributed by atoms with E-state index in [4.69, 9.17) is 35.9 Å². The van der Waals surface area contributed by atoms with Gasteiger partial charge in [-0.3, -0.25) is 4.79 Å². The number of aromatic nitrogens is 2. The van der Waals surface area contributed by atoms with Gasteiger partial charge in [0, 0.05) is 30.6 Å². The van der Waals surface area contributed by atoms with Crippen LogP contribution in [0.5, 0.6) is 17.2 Å². The largest absolute Gasteiger partial charge is 0.490 e. The Morgan fingerprint density at radius 2 is 1.79 bits per heavy atom. The lowest BCUT2D eigenvalue weighted by Gasteiger charge is -2.22. The molecule has 1 aromatic heterocycles. The zero-order valence-electron chi connectivity index (χ0n) is 21.8. The number of hydrogen-bond donors (Lipinski definition) is 1. The molecule has 9 heteroatoms. The average Bonchev–Trinajstić information content (AvgIpc) is 3.26. The summed E-state index contributed by atoms with van der Waals surface area (Å²) in [5, 5.41) is 9.81. The van der Waals surface area contributed by atoms with Gasteiger partial charge >= 0.3 is 5.97 Å². The number of carboxylic acid groups (broad SMARTS) is 1. The van der Waals surface area contributed by atoms with Crippen LogP contribution < -0.4 is 14.2 Å². The quantitative estimate of drug-likeness (QED) is 0.217. The molecule has 0 atom stereocenters. The summed E-state index contributed by atoms with van der Waals surface area (Å²) in [7, 11) is 1.98. The summed E-state index contributed by atoms with van der Waals surface area (Å²) in [6.45, 7) is 0.599. The van der Waals surface area contributed by atoms with E-state index in [1.165, 1.54) is 0 Å². The second-order valence-electron chi connectivity index (χ2n) is 9.53. The van der Waals surface area contributed by atoms with Crippen LogP contribution in [0.1, 0.15) is 36.2 Å². The van der Waals surface area contributed by atoms with Gasteiger partial charge in [0.1, 0.15) is 42.4 Å². The molecule has 0 radical (unpaired) electrons. The van der Waals surface area contributed by atoms with E-state index >= 15 is 0 Å². The van der Waals surface area contributed by atoms with Gasteiger partial charge in [0.15, 0.2) is 0 Å². The van der Waals surface area contributed by atoms with Gasteiger partial charge in [-0.2, -0.15) is 11.8 Å². The molecule has 1 N–H and O–H groups in total. The smallest absolute Gasteiger partial charge is 0.303 e. The van der Waals surface area contributed by atoms with Crippen molar-refractivity contribution in [1.29, 1.82) is 0 Å². The Bertz CT molecular complexity index is 1430. The molecule has 1 saturated heterocycles. The van der Waals surface area contributed by atoms with Gasteiger partial charge in [-0.1, -0.05) is 29.8 Å². The first-order chi connectivity index (χ1) is 18.9. The number of carboxylic acids is 1. The van der Waals surface area contributed by atoms with Gasteiger partial charge in [-0.15, -0.1) is 0 Å². The molecular formula is C30H31ClN2O5S. The van der Waals surface area contributed by atoms with Gasteiger partial charge in [0.2, 0.25) is 0 Å². The molecule has 0 amide bonds. The van der Waals surface area contributed by atoms with E-state index in [1.807, 2.05) is 84.0 Å². The Hall–Kier alpha value is -3.36. The molecule has 7 nitrogen and oxygen atoms in total. The van der Waals surface area contributed by atoms with Gasteiger partial charge < -0.3 is 23.9 Å². The average molecular weight is 567 g/mol. The number of hydrogen-bond acceptors (Lipinski definition) is 6. The maximum atomic E-state index is 11.2. The summed E-state index contributed by atoms with van der Waals surface area (Å²) >= 11 is 7.97. The van der Waals surface area contributed by atoms with Crippen LogP contribution in [0, 0.1) is 0 Å². The van der Waals surface area contributed by atoms with Crippen molar-refractivity contribution in [2.75, 3.05) is 11.5 Å². The van der Waals surface area contributed by atoms with Crippen LogP contribution in [0.2, 0.25) is 5.02 Å². The van der Waals surface area contributed by atoms with Crippen molar-refractivity contribution in [2.45, 2.75) is 45.0 Å². The van der Waals surface area contributed by atoms with Crippen LogP contribution in [0.3, 0.4) is 0 Å². The third kappa shape index (κ3) is 7.19. The predicted molar refractivity (Wildman–Crippen MR) is 154 cm³/mol. The lowest BCUT2D eigenvalue weighted by molar-refractivity contribution is -0.136. The molecule has 1 aliphatic heterocycles. The van der Waals surface area contributed by atoms with E-state index in [2.05, 4.69) is 0 Å². The Kier molecular flexibility index (Phi) is 8.84. The fourth-order valence-corrected chi connectivity index (χ4v) is 5.69. The van der Waals surface area contributed by atoms with E-state index in [1.54, 1.807) is 0 Å². The molecule has 0 unspecified atom stereocenters. The molecule has 0 bridgehead atoms. The first kappa shape index (κ1) is 27.2. The first-order valence-corrected chi connectivity index (χ1v) is 14.5. The van der Waals surface area contributed by atoms with Gasteiger partial charge in [-0.25, -0.2) is 4.98 Å². The SMILES string of the molecule is Cn1c(COc2ccc(CCC(=O)O)c(OCc3ccc(Cl)cc3)c2)nc2ccc(OC3CCSCC3)cc21. The highest BCUT2D eigenvalue weighted by Gasteiger charge is 2.17. The number of nitrogens with zero attached hydrogens (tertiary/aromatic N) is 2. The van der Waals surface area contributed by atoms with Crippen LogP contribution in [0.4, 0.5) is 0 Å². The summed E-state index contributed by atoms with van der Waals surface area (Å²) in [4.78, 5) is 15.9. The van der Waals surface area contributed by atoms with E-state index in [9.17, 15) is 4.79 Å². The fraction of sp³-hybridized carbons (Fsp3) is 0.333. The van der Waals surface area contributed by atoms with Crippen molar-refractivity contribution in [3.63, 3.8) is 0 Å². The Balaban J connectivity index is 1.28. The molecule has 4 aromatic rings. The second kappa shape index (κ2) is 12.7. The molecule has 39 heavy (non-hydrogen) atoms. The maximum Gasteiger partial charge on any atom is 0.303 e. The molecule has 3 aromatic carbocycles. The summed E-state index contributed by atoms with van der Waals surface area (Å²) < 4.78 is 20.5. The minimum Gasteiger partial charge on any atom is -0.490 e. The highest BCUT2D eigenvalue weighted by Crippen LogP contribution is 2.29. The van der Waals surface area contributed by atoms with Crippen LogP contribution in [0.25, 0.3) is 11.0 Å². The first-order valence-electron chi connectivity index (χ1n) is 13.0. The number of halogens is 1. The van der Waals surface area contributed by atoms with Crippen molar-refractivity contribution < 1.29 is 24.1 Å². The zero-order chi connectivity index (χ0) is 27.2. The maximum absolute atomic E-state index is 11.2. The third-order valence-corrected chi connectivity index (χ3v) is 8.04. The monoisotopic (exact) mass is 566 g/mol.